The number of benzene rings is 7. The van der Waals surface area contributed by atoms with Gasteiger partial charge in [-0.3, -0.25) is 25.7 Å². The summed E-state index contributed by atoms with van der Waals surface area (Å²) in [6.45, 7) is 0. The monoisotopic (exact) mass is 3030 g/mol. The Kier molecular flexibility index (Phi) is 44.6. The zero-order valence-corrected chi connectivity index (χ0v) is 95.0. The van der Waals surface area contributed by atoms with E-state index in [1.165, 1.54) is 38.4 Å². The van der Waals surface area contributed by atoms with E-state index >= 15 is 0 Å². The molecule has 0 atom stereocenters. The molecule has 0 aliphatic rings. The van der Waals surface area contributed by atoms with Gasteiger partial charge in [-0.05, 0) is 89.7 Å². The van der Waals surface area contributed by atoms with Crippen LogP contribution < -0.4 is 29.4 Å². The topological polar surface area (TPSA) is 261 Å². The zero-order chi connectivity index (χ0) is 95.2. The number of rotatable bonds is 17. The summed E-state index contributed by atoms with van der Waals surface area (Å²) in [5, 5.41) is 20.4. The van der Waals surface area contributed by atoms with Crippen molar-refractivity contribution in [2.75, 3.05) is 14.2 Å². The predicted octanol–water partition coefficient (Wildman–Crippen LogP) is 22.4. The molecule has 2 radical (unpaired) electrons. The standard InChI is InChI=1S/2C14H12N3.2C14H11N2S.C13H11N4.C13H9N2O.C12H13N2O2.C8H8N3.C7H5N2S.2Ir.4Pt/c1-17-10-8-13(16-17)14-12(7-9-15-14)11-5-3-2-4-6-11;1-17-9-13(16-10-17)14-12(7-8-15-14)11-5-3-2-4-6-11;2*1-16-9-8-15-14(16)12-7-10-17-13(12)11-5-3-2-4-6-11;1-17-7-11(16-9-17)13-12(14-8-15-13)10-5-3-2-4-6-10;1-2-4-10(5-3-1)11-6-7-14-13(11)12-8-16-9-15-12;1-14-7-6-13-12(14)10-5-4-9(15-2)8-11(10)16-3;1-10-6-2-4-8(10)11-7-3-5-9-11;1-3-8-9(4-1)7-2-5-10-6-7;;;;;;/h2*2-10H,1H3;2*2-6,8-10H,1H3;2-9H,1H3;1-9H;4,6-8H,1-3H3;2-3,5-7H,1H3;1,3-6H;;;;;;/q9*-1;;;;;;+2. The second kappa shape index (κ2) is 57.1. The van der Waals surface area contributed by atoms with Crippen LogP contribution in [0.5, 0.6) is 11.5 Å². The van der Waals surface area contributed by atoms with Crippen molar-refractivity contribution in [2.24, 2.45) is 49.3 Å². The molecular formula is C109H92Ir2N23O3Pt4S3-7. The molecule has 0 bridgehead atoms. The SMILES string of the molecule is COc1c[c-]c(-c2nccn2C)c(OC)c1.Cn1cc[c-]c1-n1cccn1.Cn1ccc(-c2[n-]ccc2-c2ccccc2)n1.Cn1ccnc1-c1[c-]csc1-c1ccccc1.Cn1ccnc1-c1[c-]csc1-c1ccccc1.Cn1cnc(-c2[n-]ccc2-c2ccccc2)c1.Cn1cnc(-c2[n-]cnc2-c2ccccc2)c1.[Ir].[Ir].[Pt+2].[Pt].[Pt].[Pt].[c-]1cscc1-n1cccn1.c1ccc(-c2cc[n-]c2-c2cocn2)cc1. The van der Waals surface area contributed by atoms with E-state index in [0.717, 1.165) is 130 Å². The van der Waals surface area contributed by atoms with E-state index in [1.807, 2.05) is 324 Å². The van der Waals surface area contributed by atoms with E-state index in [1.54, 1.807) is 118 Å². The summed E-state index contributed by atoms with van der Waals surface area (Å²) >= 11 is 5.02. The van der Waals surface area contributed by atoms with Crippen molar-refractivity contribution in [3.8, 4) is 168 Å². The molecule has 0 spiro atoms. The normalized spacial score (nSPS) is 10.1. The minimum atomic E-state index is 0. The number of hydrogen-bond donors (Lipinski definition) is 0. The molecule has 0 aliphatic heterocycles. The van der Waals surface area contributed by atoms with Crippen LogP contribution in [-0.2, 0) is 174 Å². The van der Waals surface area contributed by atoms with Crippen LogP contribution in [0.3, 0.4) is 0 Å². The Bertz CT molecular complexity index is 7260. The fourth-order valence-electron chi connectivity index (χ4n) is 14.4. The summed E-state index contributed by atoms with van der Waals surface area (Å²) in [5.74, 6) is 5.12. The molecule has 0 saturated heterocycles. The molecule has 17 aromatic heterocycles. The Balaban J connectivity index is 0.000000166. The van der Waals surface area contributed by atoms with Crippen molar-refractivity contribution in [3.63, 3.8) is 0 Å². The first-order chi connectivity index (χ1) is 67.8. The molecule has 0 unspecified atom stereocenters. The molecule has 0 aliphatic carbocycles. The fraction of sp³-hybridized carbons (Fsp3) is 0.0826. The molecule has 26 nitrogen and oxygen atoms in total. The van der Waals surface area contributed by atoms with Gasteiger partial charge in [0.15, 0.2) is 6.39 Å². The van der Waals surface area contributed by atoms with Crippen molar-refractivity contribution < 1.29 is 138 Å². The zero-order valence-electron chi connectivity index (χ0n) is 78.7. The molecule has 35 heteroatoms. The van der Waals surface area contributed by atoms with E-state index in [2.05, 4.69) is 185 Å². The number of ether oxygens (including phenoxy) is 2. The van der Waals surface area contributed by atoms with Gasteiger partial charge in [-0.2, -0.15) is 46.0 Å². The molecule has 7 aromatic carbocycles. The van der Waals surface area contributed by atoms with Gasteiger partial charge in [-0.25, -0.2) is 60.5 Å². The van der Waals surface area contributed by atoms with E-state index in [4.69, 9.17) is 13.9 Å². The van der Waals surface area contributed by atoms with Crippen molar-refractivity contribution in [1.29, 1.82) is 0 Å². The minimum Gasteiger partial charge on any atom is -0.662 e. The molecular weight excluding hydrogens is 2940 g/mol. The third kappa shape index (κ3) is 29.4. The minimum absolute atomic E-state index is 0. The molecule has 144 heavy (non-hydrogen) atoms. The Morgan fingerprint density at radius 2 is 0.833 bits per heavy atom. The molecule has 17 heterocycles. The Morgan fingerprint density at radius 3 is 1.22 bits per heavy atom. The molecule has 0 N–H and O–H groups in total. The van der Waals surface area contributed by atoms with E-state index < -0.39 is 0 Å². The van der Waals surface area contributed by atoms with Crippen LogP contribution in [0.4, 0.5) is 0 Å². The first-order valence-corrected chi connectivity index (χ1v) is 46.0. The number of methoxy groups -OCH3 is 2. The smallest absolute Gasteiger partial charge is 0.662 e. The van der Waals surface area contributed by atoms with Gasteiger partial charge in [0.2, 0.25) is 0 Å². The summed E-state index contributed by atoms with van der Waals surface area (Å²) in [5.41, 5.74) is 22.2. The van der Waals surface area contributed by atoms with Crippen molar-refractivity contribution in [2.45, 2.75) is 0 Å². The number of thiophene rings is 3. The fourth-order valence-corrected chi connectivity index (χ4v) is 16.6. The van der Waals surface area contributed by atoms with Crippen LogP contribution in [0.15, 0.2) is 400 Å². The van der Waals surface area contributed by atoms with Crippen LogP contribution in [0.2, 0.25) is 0 Å². The Morgan fingerprint density at radius 1 is 0.382 bits per heavy atom. The third-order valence-electron chi connectivity index (χ3n) is 21.1. The molecule has 0 saturated carbocycles. The van der Waals surface area contributed by atoms with Gasteiger partial charge in [0.1, 0.15) is 6.26 Å². The number of nitrogens with zero attached hydrogens (tertiary/aromatic N) is 23. The van der Waals surface area contributed by atoms with Crippen LogP contribution >= 0.6 is 34.0 Å². The van der Waals surface area contributed by atoms with Gasteiger partial charge in [-0.15, -0.1) is 51.6 Å². The molecule has 744 valence electrons. The largest absolute Gasteiger partial charge is 2.00 e. The quantitative estimate of drug-likeness (QED) is 0.0767. The molecule has 24 aromatic rings. The second-order valence-electron chi connectivity index (χ2n) is 30.4. The maximum Gasteiger partial charge on any atom is 2.00 e. The average Bonchev–Trinajstić information content (AvgIpc) is 1.80. The summed E-state index contributed by atoms with van der Waals surface area (Å²) in [4.78, 5) is 50.0. The van der Waals surface area contributed by atoms with Crippen molar-refractivity contribution in [1.82, 2.24) is 112 Å². The van der Waals surface area contributed by atoms with Crippen LogP contribution in [-0.4, -0.2) is 106 Å². The van der Waals surface area contributed by atoms with Gasteiger partial charge in [0.25, 0.3) is 0 Å². The summed E-state index contributed by atoms with van der Waals surface area (Å²) in [7, 11) is 16.9. The summed E-state index contributed by atoms with van der Waals surface area (Å²) in [6.07, 6.45) is 39.8. The Labute approximate surface area is 931 Å². The summed E-state index contributed by atoms with van der Waals surface area (Å²) in [6, 6.07) is 94.5. The average molecular weight is 3030 g/mol. The van der Waals surface area contributed by atoms with Crippen LogP contribution in [0.1, 0.15) is 0 Å². The van der Waals surface area contributed by atoms with E-state index in [-0.39, 0.29) is 124 Å². The van der Waals surface area contributed by atoms with Gasteiger partial charge in [0.05, 0.1) is 55.5 Å². The number of aromatic nitrogens is 23. The number of oxazole rings is 1. The Hall–Kier alpha value is -13.5. The van der Waals surface area contributed by atoms with E-state index in [0.29, 0.717) is 5.75 Å². The first kappa shape index (κ1) is 112. The predicted molar refractivity (Wildman–Crippen MR) is 545 cm³/mol. The second-order valence-corrected chi connectivity index (χ2v) is 32.9. The molecule has 0 fully saturated rings. The maximum absolute atomic E-state index is 5.30. The summed E-state index contributed by atoms with van der Waals surface area (Å²) < 4.78 is 32.5. The third-order valence-corrected chi connectivity index (χ3v) is 23.5. The first-order valence-electron chi connectivity index (χ1n) is 43.3. The van der Waals surface area contributed by atoms with Gasteiger partial charge in [-0.1, -0.05) is 261 Å². The van der Waals surface area contributed by atoms with E-state index in [9.17, 15) is 0 Å². The van der Waals surface area contributed by atoms with Crippen LogP contribution in [0, 0.1) is 30.3 Å². The van der Waals surface area contributed by atoms with Crippen molar-refractivity contribution >= 4 is 34.0 Å². The molecule has 24 rings (SSSR count). The molecule has 0 amide bonds. The number of imidazole rings is 6. The van der Waals surface area contributed by atoms with Gasteiger partial charge in [0, 0.05) is 241 Å². The van der Waals surface area contributed by atoms with Gasteiger partial charge < -0.3 is 76.2 Å². The van der Waals surface area contributed by atoms with Crippen LogP contribution in [0.25, 0.3) is 157 Å². The van der Waals surface area contributed by atoms with Crippen molar-refractivity contribution in [3.05, 3.63) is 425 Å². The maximum atomic E-state index is 5.30. The number of aryl methyl sites for hydroxylation is 7. The number of hydrogen-bond acceptors (Lipinski definition) is 16. The van der Waals surface area contributed by atoms with Gasteiger partial charge >= 0.3 is 21.1 Å².